The normalized spacial score (nSPS) is 23.7. The molecule has 1 saturated heterocycles. The van der Waals surface area contributed by atoms with Crippen molar-refractivity contribution in [2.24, 2.45) is 0 Å². The average molecular weight is 166 g/mol. The van der Waals surface area contributed by atoms with Crippen molar-refractivity contribution in [2.45, 2.75) is 38.6 Å². The molecule has 0 aromatic carbocycles. The van der Waals surface area contributed by atoms with Crippen LogP contribution < -0.4 is 0 Å². The van der Waals surface area contributed by atoms with Crippen LogP contribution in [-0.4, -0.2) is 19.3 Å². The molecule has 3 heteroatoms. The van der Waals surface area contributed by atoms with E-state index in [1.54, 1.807) is 0 Å². The molecule has 1 aliphatic rings. The highest BCUT2D eigenvalue weighted by atomic mass is 16.7. The van der Waals surface area contributed by atoms with Crippen LogP contribution in [0.2, 0.25) is 5.82 Å². The first kappa shape index (κ1) is 9.63. The lowest BCUT2D eigenvalue weighted by atomic mass is 9.71. The number of rotatable bonds is 2. The van der Waals surface area contributed by atoms with Gasteiger partial charge in [-0.2, -0.15) is 0 Å². The van der Waals surface area contributed by atoms with Gasteiger partial charge in [0.1, 0.15) is 0 Å². The van der Waals surface area contributed by atoms with Gasteiger partial charge in [-0.1, -0.05) is 6.92 Å². The van der Waals surface area contributed by atoms with Crippen LogP contribution in [0.5, 0.6) is 0 Å². The van der Waals surface area contributed by atoms with Crippen molar-refractivity contribution in [1.82, 2.24) is 0 Å². The van der Waals surface area contributed by atoms with Crippen molar-refractivity contribution in [2.75, 3.05) is 6.61 Å². The SMILES string of the molecule is C#CCC(C)B1OCC(C)(C)O1. The van der Waals surface area contributed by atoms with E-state index in [4.69, 9.17) is 15.7 Å². The molecule has 12 heavy (non-hydrogen) atoms. The first-order valence-corrected chi connectivity index (χ1v) is 4.28. The Balaban J connectivity index is 2.42. The Hall–Kier alpha value is -0.455. The molecule has 66 valence electrons. The molecular weight excluding hydrogens is 151 g/mol. The fraction of sp³-hybridized carbons (Fsp3) is 0.778. The second kappa shape index (κ2) is 3.51. The average Bonchev–Trinajstić information content (AvgIpc) is 2.31. The molecule has 2 nitrogen and oxygen atoms in total. The Bertz CT molecular complexity index is 195. The molecule has 0 radical (unpaired) electrons. The lowest BCUT2D eigenvalue weighted by Gasteiger charge is -2.17. The second-order valence-corrected chi connectivity index (χ2v) is 3.94. The predicted octanol–water partition coefficient (Wildman–Crippen LogP) is 1.71. The van der Waals surface area contributed by atoms with E-state index in [9.17, 15) is 0 Å². The predicted molar refractivity (Wildman–Crippen MR) is 49.7 cm³/mol. The Morgan fingerprint density at radius 2 is 2.33 bits per heavy atom. The van der Waals surface area contributed by atoms with Crippen LogP contribution in [-0.2, 0) is 9.31 Å². The molecule has 1 heterocycles. The molecule has 0 bridgehead atoms. The summed E-state index contributed by atoms with van der Waals surface area (Å²) in [4.78, 5) is 0. The van der Waals surface area contributed by atoms with Crippen LogP contribution in [0, 0.1) is 12.3 Å². The monoisotopic (exact) mass is 166 g/mol. The van der Waals surface area contributed by atoms with Crippen molar-refractivity contribution >= 4 is 7.12 Å². The molecular formula is C9H15BO2. The van der Waals surface area contributed by atoms with E-state index in [1.807, 2.05) is 20.8 Å². The van der Waals surface area contributed by atoms with Gasteiger partial charge in [-0.3, -0.25) is 0 Å². The minimum absolute atomic E-state index is 0.115. The zero-order valence-corrected chi connectivity index (χ0v) is 7.96. The van der Waals surface area contributed by atoms with E-state index in [0.717, 1.165) is 0 Å². The van der Waals surface area contributed by atoms with Crippen LogP contribution in [0.3, 0.4) is 0 Å². The van der Waals surface area contributed by atoms with Crippen molar-refractivity contribution < 1.29 is 9.31 Å². The molecule has 1 atom stereocenters. The molecule has 0 aromatic rings. The topological polar surface area (TPSA) is 18.5 Å². The molecule has 0 spiro atoms. The minimum atomic E-state index is -0.145. The van der Waals surface area contributed by atoms with Gasteiger partial charge in [0.15, 0.2) is 0 Å². The Morgan fingerprint density at radius 1 is 1.67 bits per heavy atom. The Kier molecular flexibility index (Phi) is 2.82. The van der Waals surface area contributed by atoms with Gasteiger partial charge in [0.05, 0.1) is 12.2 Å². The van der Waals surface area contributed by atoms with Crippen molar-refractivity contribution in [3.8, 4) is 12.3 Å². The fourth-order valence-electron chi connectivity index (χ4n) is 1.23. The lowest BCUT2D eigenvalue weighted by Crippen LogP contribution is -2.26. The van der Waals surface area contributed by atoms with E-state index in [1.165, 1.54) is 0 Å². The van der Waals surface area contributed by atoms with Gasteiger partial charge >= 0.3 is 7.12 Å². The third-order valence-corrected chi connectivity index (χ3v) is 1.93. The highest BCUT2D eigenvalue weighted by molar-refractivity contribution is 6.47. The van der Waals surface area contributed by atoms with E-state index in [-0.39, 0.29) is 18.5 Å². The van der Waals surface area contributed by atoms with Gasteiger partial charge in [-0.05, 0) is 13.8 Å². The second-order valence-electron chi connectivity index (χ2n) is 3.94. The van der Waals surface area contributed by atoms with E-state index in [0.29, 0.717) is 13.0 Å². The molecule has 0 aromatic heterocycles. The quantitative estimate of drug-likeness (QED) is 0.459. The van der Waals surface area contributed by atoms with Crippen LogP contribution in [0.1, 0.15) is 27.2 Å². The summed E-state index contributed by atoms with van der Waals surface area (Å²) >= 11 is 0. The molecule has 1 aliphatic heterocycles. The first-order valence-electron chi connectivity index (χ1n) is 4.28. The van der Waals surface area contributed by atoms with Crippen LogP contribution in [0.15, 0.2) is 0 Å². The summed E-state index contributed by atoms with van der Waals surface area (Å²) < 4.78 is 11.1. The first-order chi connectivity index (χ1) is 5.55. The number of terminal acetylenes is 1. The Morgan fingerprint density at radius 3 is 2.75 bits per heavy atom. The van der Waals surface area contributed by atoms with Gasteiger partial charge in [0, 0.05) is 12.2 Å². The van der Waals surface area contributed by atoms with E-state index in [2.05, 4.69) is 5.92 Å². The number of hydrogen-bond acceptors (Lipinski definition) is 2. The van der Waals surface area contributed by atoms with Crippen molar-refractivity contribution in [1.29, 1.82) is 0 Å². The van der Waals surface area contributed by atoms with Gasteiger partial charge in [-0.15, -0.1) is 12.3 Å². The Labute approximate surface area is 74.8 Å². The minimum Gasteiger partial charge on any atom is -0.408 e. The summed E-state index contributed by atoms with van der Waals surface area (Å²) in [6, 6.07) is 0. The van der Waals surface area contributed by atoms with Crippen molar-refractivity contribution in [3.63, 3.8) is 0 Å². The maximum atomic E-state index is 5.65. The zero-order valence-electron chi connectivity index (χ0n) is 7.96. The molecule has 1 rings (SSSR count). The van der Waals surface area contributed by atoms with Crippen LogP contribution in [0.25, 0.3) is 0 Å². The number of hydrogen-bond donors (Lipinski definition) is 0. The van der Waals surface area contributed by atoms with Gasteiger partial charge in [-0.25, -0.2) is 0 Å². The summed E-state index contributed by atoms with van der Waals surface area (Å²) in [7, 11) is -0.115. The standard InChI is InChI=1S/C9H15BO2/c1-5-6-8(2)10-11-7-9(3,4)12-10/h1,8H,6-7H2,2-4H3. The van der Waals surface area contributed by atoms with Gasteiger partial charge in [0.2, 0.25) is 0 Å². The molecule has 0 saturated carbocycles. The third-order valence-electron chi connectivity index (χ3n) is 1.93. The van der Waals surface area contributed by atoms with Crippen LogP contribution in [0.4, 0.5) is 0 Å². The summed E-state index contributed by atoms with van der Waals surface area (Å²) in [5, 5.41) is 0. The van der Waals surface area contributed by atoms with Gasteiger partial charge in [0.25, 0.3) is 0 Å². The highest BCUT2D eigenvalue weighted by Crippen LogP contribution is 2.27. The molecule has 0 aliphatic carbocycles. The summed E-state index contributed by atoms with van der Waals surface area (Å²) in [5.41, 5.74) is -0.145. The van der Waals surface area contributed by atoms with E-state index < -0.39 is 0 Å². The maximum Gasteiger partial charge on any atom is 0.461 e. The third kappa shape index (κ3) is 2.26. The fourth-order valence-corrected chi connectivity index (χ4v) is 1.23. The van der Waals surface area contributed by atoms with Crippen molar-refractivity contribution in [3.05, 3.63) is 0 Å². The summed E-state index contributed by atoms with van der Waals surface area (Å²) in [5.74, 6) is 2.90. The molecule has 1 fully saturated rings. The summed E-state index contributed by atoms with van der Waals surface area (Å²) in [6.45, 7) is 6.75. The maximum absolute atomic E-state index is 5.65. The summed E-state index contributed by atoms with van der Waals surface area (Å²) in [6.07, 6.45) is 5.91. The zero-order chi connectivity index (χ0) is 9.19. The molecule has 0 N–H and O–H groups in total. The molecule has 1 unspecified atom stereocenters. The van der Waals surface area contributed by atoms with Gasteiger partial charge < -0.3 is 9.31 Å². The van der Waals surface area contributed by atoms with Crippen LogP contribution >= 0.6 is 0 Å². The highest BCUT2D eigenvalue weighted by Gasteiger charge is 2.39. The van der Waals surface area contributed by atoms with E-state index >= 15 is 0 Å². The largest absolute Gasteiger partial charge is 0.461 e. The lowest BCUT2D eigenvalue weighted by molar-refractivity contribution is 0.134. The smallest absolute Gasteiger partial charge is 0.408 e. The molecule has 0 amide bonds.